The smallest absolute Gasteiger partial charge is 0.322 e. The maximum Gasteiger partial charge on any atom is 0.322 e. The van der Waals surface area contributed by atoms with Crippen LogP contribution >= 0.6 is 0 Å². The number of amides is 2. The molecule has 0 rings (SSSR count). The Morgan fingerprint density at radius 3 is 2.04 bits per heavy atom. The van der Waals surface area contributed by atoms with Crippen molar-refractivity contribution in [3.8, 4) is 0 Å². The maximum absolute atomic E-state index is 11.7. The zero-order chi connectivity index (χ0) is 18.2. The molecule has 0 aromatic heterocycles. The van der Waals surface area contributed by atoms with Gasteiger partial charge in [0.05, 0.1) is 6.04 Å². The van der Waals surface area contributed by atoms with Gasteiger partial charge in [0.25, 0.3) is 10.1 Å². The summed E-state index contributed by atoms with van der Waals surface area (Å²) in [5.74, 6) is -6.00. The minimum atomic E-state index is -4.66. The number of nitrogens with two attached hydrogens (primary N) is 1. The zero-order valence-corrected chi connectivity index (χ0v) is 12.6. The first-order chi connectivity index (χ1) is 10.4. The molecule has 0 heterocycles. The predicted octanol–water partition coefficient (Wildman–Crippen LogP) is -3.25. The number of carboxylic acid groups (broad SMARTS) is 2. The molecule has 0 saturated carbocycles. The average molecular weight is 355 g/mol. The summed E-state index contributed by atoms with van der Waals surface area (Å²) < 4.78 is 30.5. The van der Waals surface area contributed by atoms with Gasteiger partial charge in [0.15, 0.2) is 0 Å². The maximum atomic E-state index is 11.7. The van der Waals surface area contributed by atoms with Gasteiger partial charge in [-0.1, -0.05) is 0 Å². The van der Waals surface area contributed by atoms with Crippen molar-refractivity contribution >= 4 is 33.9 Å². The highest BCUT2D eigenvalue weighted by Crippen LogP contribution is 1.98. The third-order valence-corrected chi connectivity index (χ3v) is 3.18. The van der Waals surface area contributed by atoms with Crippen molar-refractivity contribution in [3.63, 3.8) is 0 Å². The molecule has 0 aromatic rings. The number of carboxylic acids is 2. The molecule has 12 nitrogen and oxygen atoms in total. The van der Waals surface area contributed by atoms with Crippen molar-refractivity contribution < 1.29 is 42.4 Å². The van der Waals surface area contributed by atoms with Crippen LogP contribution in [0.4, 0.5) is 0 Å². The number of aliphatic carboxylic acids is 2. The van der Waals surface area contributed by atoms with Crippen molar-refractivity contribution in [3.05, 3.63) is 0 Å². The fourth-order valence-electron chi connectivity index (χ4n) is 1.37. The summed E-state index contributed by atoms with van der Waals surface area (Å²) in [6, 6.07) is -3.12. The third-order valence-electron chi connectivity index (χ3n) is 2.43. The molecule has 0 aliphatic carbocycles. The summed E-state index contributed by atoms with van der Waals surface area (Å²) in [6.07, 6.45) is -0.695. The fraction of sp³-hybridized carbons (Fsp3) is 0.600. The third kappa shape index (κ3) is 10.2. The van der Waals surface area contributed by atoms with Crippen LogP contribution in [-0.4, -0.2) is 71.3 Å². The van der Waals surface area contributed by atoms with Crippen molar-refractivity contribution in [2.24, 2.45) is 5.73 Å². The van der Waals surface area contributed by atoms with E-state index in [1.807, 2.05) is 10.6 Å². The highest BCUT2D eigenvalue weighted by molar-refractivity contribution is 7.85. The number of nitrogens with one attached hydrogen (secondary N) is 2. The van der Waals surface area contributed by atoms with Crippen LogP contribution in [0.2, 0.25) is 0 Å². The van der Waals surface area contributed by atoms with Crippen LogP contribution in [0.15, 0.2) is 0 Å². The van der Waals surface area contributed by atoms with Crippen LogP contribution in [0.5, 0.6) is 0 Å². The molecule has 132 valence electrons. The average Bonchev–Trinajstić information content (AvgIpc) is 2.39. The Morgan fingerprint density at radius 2 is 1.61 bits per heavy atom. The lowest BCUT2D eigenvalue weighted by atomic mass is 10.1. The zero-order valence-electron chi connectivity index (χ0n) is 11.8. The van der Waals surface area contributed by atoms with E-state index < -0.39 is 64.7 Å². The number of carbonyl (C=O) groups excluding carboxylic acids is 2. The van der Waals surface area contributed by atoms with Gasteiger partial charge in [-0.05, 0) is 6.42 Å². The molecule has 23 heavy (non-hydrogen) atoms. The molecule has 2 atom stereocenters. The summed E-state index contributed by atoms with van der Waals surface area (Å²) in [7, 11) is -4.66. The van der Waals surface area contributed by atoms with E-state index in [0.717, 1.165) is 0 Å². The Labute approximate surface area is 130 Å². The summed E-state index contributed by atoms with van der Waals surface area (Å²) in [5.41, 5.74) is 5.39. The second-order valence-electron chi connectivity index (χ2n) is 4.46. The molecule has 0 bridgehead atoms. The minimum absolute atomic E-state index is 0.267. The summed E-state index contributed by atoms with van der Waals surface area (Å²) >= 11 is 0. The quantitative estimate of drug-likeness (QED) is 0.215. The molecule has 0 saturated heterocycles. The Hall–Kier alpha value is -2.25. The van der Waals surface area contributed by atoms with E-state index in [0.29, 0.717) is 0 Å². The monoisotopic (exact) mass is 355 g/mol. The summed E-state index contributed by atoms with van der Waals surface area (Å²) in [4.78, 5) is 44.1. The first-order valence-electron chi connectivity index (χ1n) is 6.14. The van der Waals surface area contributed by atoms with Crippen LogP contribution < -0.4 is 16.4 Å². The number of hydrogen-bond acceptors (Lipinski definition) is 7. The Kier molecular flexibility index (Phi) is 8.13. The van der Waals surface area contributed by atoms with Gasteiger partial charge in [0.2, 0.25) is 11.8 Å². The van der Waals surface area contributed by atoms with Crippen molar-refractivity contribution in [1.82, 2.24) is 10.6 Å². The molecular weight excluding hydrogens is 338 g/mol. The van der Waals surface area contributed by atoms with Crippen molar-refractivity contribution in [2.75, 3.05) is 12.3 Å². The molecule has 0 spiro atoms. The van der Waals surface area contributed by atoms with Gasteiger partial charge in [0, 0.05) is 6.42 Å². The van der Waals surface area contributed by atoms with E-state index in [1.165, 1.54) is 0 Å². The van der Waals surface area contributed by atoms with E-state index in [4.69, 9.17) is 20.5 Å². The van der Waals surface area contributed by atoms with Gasteiger partial charge in [-0.3, -0.25) is 23.7 Å². The second-order valence-corrected chi connectivity index (χ2v) is 5.96. The molecule has 0 fully saturated rings. The Morgan fingerprint density at radius 1 is 1.04 bits per heavy atom. The Balaban J connectivity index is 4.86. The summed E-state index contributed by atoms with van der Waals surface area (Å²) in [6.45, 7) is -0.832. The van der Waals surface area contributed by atoms with Gasteiger partial charge in [-0.2, -0.15) is 8.42 Å². The van der Waals surface area contributed by atoms with Crippen LogP contribution in [-0.2, 0) is 29.3 Å². The predicted molar refractivity (Wildman–Crippen MR) is 73.8 cm³/mol. The molecular formula is C10H17N3O9S. The van der Waals surface area contributed by atoms with Gasteiger partial charge in [-0.15, -0.1) is 0 Å². The van der Waals surface area contributed by atoms with Gasteiger partial charge >= 0.3 is 11.9 Å². The highest BCUT2D eigenvalue weighted by atomic mass is 32.2. The topological polar surface area (TPSA) is 213 Å². The standard InChI is InChI=1S/C10H17N3O9S/c11-5(1-2-7(14)15)9(18)13-6(4-23(20,21)22)10(19)12-3-8(16)17/h5-6H,1-4,11H2,(H,12,19)(H,13,18)(H,14,15)(H,16,17)(H,20,21,22)/t5-,6-/m0/s1. The molecule has 0 radical (unpaired) electrons. The molecule has 13 heteroatoms. The molecule has 2 amide bonds. The fourth-order valence-corrected chi connectivity index (χ4v) is 2.02. The first kappa shape index (κ1) is 20.8. The molecule has 0 aliphatic rings. The number of hydrogen-bond donors (Lipinski definition) is 6. The SMILES string of the molecule is N[C@@H](CCC(=O)O)C(=O)N[C@@H](CS(=O)(=O)O)C(=O)NCC(=O)O. The second kappa shape index (κ2) is 9.02. The van der Waals surface area contributed by atoms with Crippen LogP contribution in [0, 0.1) is 0 Å². The summed E-state index contributed by atoms with van der Waals surface area (Å²) in [5, 5.41) is 20.6. The van der Waals surface area contributed by atoms with E-state index >= 15 is 0 Å². The molecule has 0 unspecified atom stereocenters. The first-order valence-corrected chi connectivity index (χ1v) is 7.75. The number of carbonyl (C=O) groups is 4. The largest absolute Gasteiger partial charge is 0.481 e. The lowest BCUT2D eigenvalue weighted by Crippen LogP contribution is -2.54. The highest BCUT2D eigenvalue weighted by Gasteiger charge is 2.28. The molecule has 7 N–H and O–H groups in total. The lowest BCUT2D eigenvalue weighted by Gasteiger charge is -2.19. The van der Waals surface area contributed by atoms with E-state index in [2.05, 4.69) is 0 Å². The molecule has 0 aromatic carbocycles. The van der Waals surface area contributed by atoms with Gasteiger partial charge < -0.3 is 26.6 Å². The number of rotatable bonds is 10. The van der Waals surface area contributed by atoms with E-state index in [-0.39, 0.29) is 6.42 Å². The van der Waals surface area contributed by atoms with Crippen molar-refractivity contribution in [1.29, 1.82) is 0 Å². The minimum Gasteiger partial charge on any atom is -0.481 e. The van der Waals surface area contributed by atoms with Crippen molar-refractivity contribution in [2.45, 2.75) is 24.9 Å². The van der Waals surface area contributed by atoms with E-state index in [1.54, 1.807) is 0 Å². The van der Waals surface area contributed by atoms with Gasteiger partial charge in [-0.25, -0.2) is 0 Å². The molecule has 0 aliphatic heterocycles. The normalized spacial score (nSPS) is 13.7. The lowest BCUT2D eigenvalue weighted by molar-refractivity contribution is -0.138. The van der Waals surface area contributed by atoms with E-state index in [9.17, 15) is 27.6 Å². The van der Waals surface area contributed by atoms with Crippen LogP contribution in [0.25, 0.3) is 0 Å². The van der Waals surface area contributed by atoms with Crippen LogP contribution in [0.1, 0.15) is 12.8 Å². The Bertz CT molecular complexity index is 574. The van der Waals surface area contributed by atoms with Gasteiger partial charge in [0.1, 0.15) is 18.3 Å². The van der Waals surface area contributed by atoms with Crippen LogP contribution in [0.3, 0.4) is 0 Å².